The van der Waals surface area contributed by atoms with Crippen molar-refractivity contribution in [2.45, 2.75) is 45.6 Å². The van der Waals surface area contributed by atoms with E-state index in [0.29, 0.717) is 6.54 Å². The average Bonchev–Trinajstić information content (AvgIpc) is 3.32. The van der Waals surface area contributed by atoms with Crippen molar-refractivity contribution in [2.24, 2.45) is 0 Å². The van der Waals surface area contributed by atoms with Crippen LogP contribution in [0.4, 0.5) is 13.2 Å². The molecule has 0 fully saturated rings. The molecule has 0 spiro atoms. The first-order valence-electron chi connectivity index (χ1n) is 8.88. The van der Waals surface area contributed by atoms with Gasteiger partial charge in [0.15, 0.2) is 5.69 Å². The van der Waals surface area contributed by atoms with Crippen molar-refractivity contribution in [3.63, 3.8) is 0 Å². The van der Waals surface area contributed by atoms with Gasteiger partial charge in [-0.15, -0.1) is 10.2 Å². The molecule has 0 radical (unpaired) electrons. The predicted octanol–water partition coefficient (Wildman–Crippen LogP) is 2.00. The summed E-state index contributed by atoms with van der Waals surface area (Å²) in [5, 5.41) is 18.1. The highest BCUT2D eigenvalue weighted by Crippen LogP contribution is 2.28. The SMILES string of the molecule is Cc1cn(CCCCn2cc(C(=O)NCc3cc(C(F)(F)F)ccn3)nn2)nn1. The second kappa shape index (κ2) is 8.80. The van der Waals surface area contributed by atoms with Crippen LogP contribution in [0.1, 0.15) is 40.3 Å². The Kier molecular flexibility index (Phi) is 6.20. The van der Waals surface area contributed by atoms with Crippen LogP contribution in [0.5, 0.6) is 0 Å². The number of aromatic nitrogens is 7. The van der Waals surface area contributed by atoms with E-state index >= 15 is 0 Å². The molecule has 1 amide bonds. The van der Waals surface area contributed by atoms with Crippen LogP contribution in [0.15, 0.2) is 30.7 Å². The number of halogens is 3. The van der Waals surface area contributed by atoms with Crippen LogP contribution in [-0.4, -0.2) is 40.9 Å². The first-order valence-corrected chi connectivity index (χ1v) is 8.88. The van der Waals surface area contributed by atoms with Gasteiger partial charge in [0.2, 0.25) is 0 Å². The van der Waals surface area contributed by atoms with Gasteiger partial charge in [0, 0.05) is 25.5 Å². The highest BCUT2D eigenvalue weighted by Gasteiger charge is 2.30. The molecule has 0 aliphatic rings. The number of nitrogens with zero attached hydrogens (tertiary/aromatic N) is 7. The van der Waals surface area contributed by atoms with Crippen molar-refractivity contribution in [1.82, 2.24) is 40.3 Å². The van der Waals surface area contributed by atoms with Crippen LogP contribution >= 0.6 is 0 Å². The Bertz CT molecular complexity index is 965. The number of amides is 1. The van der Waals surface area contributed by atoms with Crippen LogP contribution in [0.2, 0.25) is 0 Å². The molecule has 0 atom stereocenters. The van der Waals surface area contributed by atoms with E-state index in [4.69, 9.17) is 0 Å². The summed E-state index contributed by atoms with van der Waals surface area (Å²) >= 11 is 0. The molecule has 154 valence electrons. The van der Waals surface area contributed by atoms with E-state index < -0.39 is 17.6 Å². The van der Waals surface area contributed by atoms with Gasteiger partial charge in [-0.1, -0.05) is 10.4 Å². The number of aryl methyl sites for hydroxylation is 3. The number of hydrogen-bond donors (Lipinski definition) is 1. The normalized spacial score (nSPS) is 11.6. The van der Waals surface area contributed by atoms with E-state index in [0.717, 1.165) is 43.4 Å². The lowest BCUT2D eigenvalue weighted by Gasteiger charge is -2.08. The van der Waals surface area contributed by atoms with E-state index in [1.807, 2.05) is 13.1 Å². The molecule has 3 aromatic heterocycles. The minimum Gasteiger partial charge on any atom is -0.345 e. The Balaban J connectivity index is 1.45. The summed E-state index contributed by atoms with van der Waals surface area (Å²) in [6, 6.07) is 1.77. The van der Waals surface area contributed by atoms with Crippen molar-refractivity contribution >= 4 is 5.91 Å². The molecule has 9 nitrogen and oxygen atoms in total. The zero-order chi connectivity index (χ0) is 20.9. The maximum atomic E-state index is 12.7. The third kappa shape index (κ3) is 5.83. The van der Waals surface area contributed by atoms with Crippen molar-refractivity contribution in [1.29, 1.82) is 0 Å². The molecule has 0 aliphatic heterocycles. The highest BCUT2D eigenvalue weighted by atomic mass is 19.4. The van der Waals surface area contributed by atoms with Gasteiger partial charge in [-0.05, 0) is 31.9 Å². The summed E-state index contributed by atoms with van der Waals surface area (Å²) in [5.74, 6) is -0.534. The molecule has 12 heteroatoms. The third-order valence-electron chi connectivity index (χ3n) is 4.02. The lowest BCUT2D eigenvalue weighted by molar-refractivity contribution is -0.137. The van der Waals surface area contributed by atoms with Gasteiger partial charge in [-0.2, -0.15) is 13.2 Å². The molecule has 3 aromatic rings. The zero-order valence-electron chi connectivity index (χ0n) is 15.6. The van der Waals surface area contributed by atoms with E-state index in [9.17, 15) is 18.0 Å². The van der Waals surface area contributed by atoms with Crippen LogP contribution in [0.3, 0.4) is 0 Å². The highest BCUT2D eigenvalue weighted by molar-refractivity contribution is 5.91. The summed E-state index contributed by atoms with van der Waals surface area (Å²) in [6.07, 6.45) is 1.60. The molecule has 0 aromatic carbocycles. The quantitative estimate of drug-likeness (QED) is 0.572. The van der Waals surface area contributed by atoms with Crippen LogP contribution in [0, 0.1) is 6.92 Å². The fraction of sp³-hybridized carbons (Fsp3) is 0.412. The number of carbonyl (C=O) groups is 1. The molecular weight excluding hydrogens is 389 g/mol. The Labute approximate surface area is 163 Å². The Hall–Kier alpha value is -3.31. The van der Waals surface area contributed by atoms with Crippen LogP contribution in [-0.2, 0) is 25.8 Å². The van der Waals surface area contributed by atoms with Crippen molar-refractivity contribution < 1.29 is 18.0 Å². The van der Waals surface area contributed by atoms with E-state index in [2.05, 4.69) is 30.9 Å². The van der Waals surface area contributed by atoms with Gasteiger partial charge in [-0.25, -0.2) is 0 Å². The molecule has 0 unspecified atom stereocenters. The van der Waals surface area contributed by atoms with Gasteiger partial charge in [0.05, 0.1) is 29.7 Å². The van der Waals surface area contributed by atoms with Gasteiger partial charge < -0.3 is 5.32 Å². The summed E-state index contributed by atoms with van der Waals surface area (Å²) < 4.78 is 41.5. The molecule has 0 aliphatic carbocycles. The maximum Gasteiger partial charge on any atom is 0.416 e. The number of carbonyl (C=O) groups excluding carboxylic acids is 1. The average molecular weight is 408 g/mol. The lowest BCUT2D eigenvalue weighted by Crippen LogP contribution is -2.24. The smallest absolute Gasteiger partial charge is 0.345 e. The minimum atomic E-state index is -4.46. The molecular formula is C17H19F3N8O. The first kappa shape index (κ1) is 20.4. The molecule has 29 heavy (non-hydrogen) atoms. The van der Waals surface area contributed by atoms with E-state index in [-0.39, 0.29) is 17.9 Å². The molecule has 3 heterocycles. The third-order valence-corrected chi connectivity index (χ3v) is 4.02. The molecule has 3 rings (SSSR count). The monoisotopic (exact) mass is 408 g/mol. The summed E-state index contributed by atoms with van der Waals surface area (Å²) in [4.78, 5) is 16.0. The maximum absolute atomic E-state index is 12.7. The number of rotatable bonds is 8. The largest absolute Gasteiger partial charge is 0.416 e. The Morgan fingerprint density at radius 2 is 1.79 bits per heavy atom. The second-order valence-corrected chi connectivity index (χ2v) is 6.41. The van der Waals surface area contributed by atoms with Gasteiger partial charge in [0.1, 0.15) is 0 Å². The van der Waals surface area contributed by atoms with Crippen LogP contribution < -0.4 is 5.32 Å². The second-order valence-electron chi connectivity index (χ2n) is 6.41. The predicted molar refractivity (Wildman–Crippen MR) is 94.4 cm³/mol. The number of nitrogens with one attached hydrogen (secondary N) is 1. The topological polar surface area (TPSA) is 103 Å². The Morgan fingerprint density at radius 3 is 2.45 bits per heavy atom. The summed E-state index contributed by atoms with van der Waals surface area (Å²) in [6.45, 7) is 3.03. The first-order chi connectivity index (χ1) is 13.8. The fourth-order valence-electron chi connectivity index (χ4n) is 2.58. The van der Waals surface area contributed by atoms with Gasteiger partial charge in [0.25, 0.3) is 5.91 Å². The zero-order valence-corrected chi connectivity index (χ0v) is 15.6. The van der Waals surface area contributed by atoms with Crippen molar-refractivity contribution in [3.05, 3.63) is 53.4 Å². The Morgan fingerprint density at radius 1 is 1.10 bits per heavy atom. The van der Waals surface area contributed by atoms with Crippen molar-refractivity contribution in [2.75, 3.05) is 0 Å². The molecule has 0 saturated heterocycles. The number of hydrogen-bond acceptors (Lipinski definition) is 6. The number of unbranched alkanes of at least 4 members (excludes halogenated alkanes) is 1. The fourth-order valence-corrected chi connectivity index (χ4v) is 2.58. The van der Waals surface area contributed by atoms with Crippen molar-refractivity contribution in [3.8, 4) is 0 Å². The minimum absolute atomic E-state index is 0.0869. The summed E-state index contributed by atoms with van der Waals surface area (Å²) in [7, 11) is 0. The van der Waals surface area contributed by atoms with Gasteiger partial charge in [-0.3, -0.25) is 19.1 Å². The lowest BCUT2D eigenvalue weighted by atomic mass is 10.2. The molecule has 0 bridgehead atoms. The number of alkyl halides is 3. The number of pyridine rings is 1. The molecule has 0 saturated carbocycles. The molecule has 1 N–H and O–H groups in total. The summed E-state index contributed by atoms with van der Waals surface area (Å²) in [5.41, 5.74) is 0.230. The van der Waals surface area contributed by atoms with Crippen LogP contribution in [0.25, 0.3) is 0 Å². The standard InChI is InChI=1S/C17H19F3N8O/c1-12-10-27(25-23-12)6-2-3-7-28-11-15(24-26-28)16(29)22-9-14-8-13(4-5-21-14)17(18,19)20/h4-5,8,10-11H,2-3,6-7,9H2,1H3,(H,22,29). The van der Waals surface area contributed by atoms with Gasteiger partial charge >= 0.3 is 6.18 Å². The van der Waals surface area contributed by atoms with E-state index in [1.165, 1.54) is 6.20 Å². The van der Waals surface area contributed by atoms with E-state index in [1.54, 1.807) is 9.36 Å².